The van der Waals surface area contributed by atoms with Crippen molar-refractivity contribution in [2.75, 3.05) is 26.2 Å². The molecule has 176 valence electrons. The molecule has 0 radical (unpaired) electrons. The maximum Gasteiger partial charge on any atom is 0.0235 e. The first kappa shape index (κ1) is 23.1. The Hall–Kier alpha value is -2.68. The average molecular weight is 451 g/mol. The molecule has 0 atom stereocenters. The van der Waals surface area contributed by atoms with Gasteiger partial charge in [-0.25, -0.2) is 0 Å². The van der Waals surface area contributed by atoms with Crippen LogP contribution in [-0.2, 0) is 13.1 Å². The molecule has 1 aliphatic rings. The maximum atomic E-state index is 2.61. The van der Waals surface area contributed by atoms with Crippen LogP contribution in [0.15, 0.2) is 48.5 Å². The molecule has 0 N–H and O–H groups in total. The lowest BCUT2D eigenvalue weighted by Gasteiger charge is -2.35. The molecule has 5 rings (SSSR count). The van der Waals surface area contributed by atoms with Crippen molar-refractivity contribution in [2.24, 2.45) is 0 Å². The van der Waals surface area contributed by atoms with E-state index in [2.05, 4.69) is 99.9 Å². The normalized spacial score (nSPS) is 15.5. The number of rotatable bonds is 4. The number of piperazine rings is 1. The molecule has 0 aliphatic carbocycles. The van der Waals surface area contributed by atoms with E-state index in [4.69, 9.17) is 0 Å². The maximum absolute atomic E-state index is 2.61. The van der Waals surface area contributed by atoms with Crippen molar-refractivity contribution in [3.63, 3.8) is 0 Å². The molecule has 0 saturated carbocycles. The zero-order valence-corrected chi connectivity index (χ0v) is 21.8. The standard InChI is InChI=1S/C32H38N2/c1-21-15-29-17-27(7-9-31(29)25(5)23(21)3)19-33-11-13-34(14-12-33)20-28-8-10-32-26(6)24(4)22(2)16-30(32)18-28/h7-10,15-18H,11-14,19-20H2,1-6H3. The van der Waals surface area contributed by atoms with Crippen LogP contribution in [0.25, 0.3) is 21.5 Å². The minimum atomic E-state index is 1.05. The van der Waals surface area contributed by atoms with Gasteiger partial charge in [0.1, 0.15) is 0 Å². The topological polar surface area (TPSA) is 6.48 Å². The molecule has 0 spiro atoms. The van der Waals surface area contributed by atoms with Crippen LogP contribution in [0, 0.1) is 41.5 Å². The molecule has 1 aliphatic heterocycles. The second-order valence-electron chi connectivity index (χ2n) is 10.6. The number of nitrogens with zero attached hydrogens (tertiary/aromatic N) is 2. The lowest BCUT2D eigenvalue weighted by Crippen LogP contribution is -2.45. The Kier molecular flexibility index (Phi) is 6.22. The first-order chi connectivity index (χ1) is 16.3. The molecule has 4 aromatic rings. The number of aryl methyl sites for hydroxylation is 4. The van der Waals surface area contributed by atoms with Crippen LogP contribution in [0.4, 0.5) is 0 Å². The SMILES string of the molecule is Cc1cc2cc(CN3CCN(Cc4ccc5c(C)c(C)c(C)cc5c4)CC3)ccc2c(C)c1C. The van der Waals surface area contributed by atoms with Crippen LogP contribution in [0.5, 0.6) is 0 Å². The van der Waals surface area contributed by atoms with Gasteiger partial charge in [0.05, 0.1) is 0 Å². The molecule has 0 amide bonds. The van der Waals surface area contributed by atoms with Gasteiger partial charge >= 0.3 is 0 Å². The molecule has 0 unspecified atom stereocenters. The fraction of sp³-hybridized carbons (Fsp3) is 0.375. The highest BCUT2D eigenvalue weighted by Crippen LogP contribution is 2.27. The van der Waals surface area contributed by atoms with E-state index in [-0.39, 0.29) is 0 Å². The molecule has 1 fully saturated rings. The van der Waals surface area contributed by atoms with Crippen LogP contribution in [0.3, 0.4) is 0 Å². The van der Waals surface area contributed by atoms with E-state index in [0.717, 1.165) is 39.3 Å². The summed E-state index contributed by atoms with van der Waals surface area (Å²) in [7, 11) is 0. The Morgan fingerprint density at radius 3 is 1.26 bits per heavy atom. The van der Waals surface area contributed by atoms with Crippen LogP contribution in [0.2, 0.25) is 0 Å². The van der Waals surface area contributed by atoms with Gasteiger partial charge in [-0.3, -0.25) is 9.80 Å². The van der Waals surface area contributed by atoms with Gasteiger partial charge in [0, 0.05) is 39.3 Å². The van der Waals surface area contributed by atoms with Crippen LogP contribution in [0.1, 0.15) is 44.5 Å². The Bertz CT molecular complexity index is 1270. The minimum absolute atomic E-state index is 1.05. The third-order valence-electron chi connectivity index (χ3n) is 8.37. The Balaban J connectivity index is 1.23. The third kappa shape index (κ3) is 4.37. The van der Waals surface area contributed by atoms with Crippen molar-refractivity contribution in [3.8, 4) is 0 Å². The average Bonchev–Trinajstić information content (AvgIpc) is 2.82. The van der Waals surface area contributed by atoms with Crippen molar-refractivity contribution in [1.29, 1.82) is 0 Å². The summed E-state index contributed by atoms with van der Waals surface area (Å²) in [5.74, 6) is 0. The van der Waals surface area contributed by atoms with Gasteiger partial charge < -0.3 is 0 Å². The summed E-state index contributed by atoms with van der Waals surface area (Å²) in [5.41, 5.74) is 11.3. The third-order valence-corrected chi connectivity index (χ3v) is 8.37. The second kappa shape index (κ2) is 9.17. The molecule has 34 heavy (non-hydrogen) atoms. The zero-order valence-electron chi connectivity index (χ0n) is 21.8. The van der Waals surface area contributed by atoms with Gasteiger partial charge in [-0.15, -0.1) is 0 Å². The van der Waals surface area contributed by atoms with Crippen molar-refractivity contribution in [2.45, 2.75) is 54.6 Å². The highest BCUT2D eigenvalue weighted by atomic mass is 15.3. The number of fused-ring (bicyclic) bond motifs is 2. The summed E-state index contributed by atoms with van der Waals surface area (Å²) in [5, 5.41) is 5.56. The molecule has 1 heterocycles. The number of hydrogen-bond acceptors (Lipinski definition) is 2. The summed E-state index contributed by atoms with van der Waals surface area (Å²) < 4.78 is 0. The molecule has 0 bridgehead atoms. The Morgan fingerprint density at radius 2 is 0.882 bits per heavy atom. The predicted octanol–water partition coefficient (Wildman–Crippen LogP) is 7.16. The molecule has 1 saturated heterocycles. The lowest BCUT2D eigenvalue weighted by atomic mass is 9.95. The smallest absolute Gasteiger partial charge is 0.0235 e. The highest BCUT2D eigenvalue weighted by Gasteiger charge is 2.18. The summed E-state index contributed by atoms with van der Waals surface area (Å²) in [6.45, 7) is 20.1. The molecule has 4 aromatic carbocycles. The van der Waals surface area contributed by atoms with Crippen LogP contribution in [-0.4, -0.2) is 36.0 Å². The van der Waals surface area contributed by atoms with Gasteiger partial charge in [0.15, 0.2) is 0 Å². The van der Waals surface area contributed by atoms with Gasteiger partial charge in [-0.1, -0.05) is 36.4 Å². The van der Waals surface area contributed by atoms with Crippen molar-refractivity contribution in [1.82, 2.24) is 9.80 Å². The molecule has 0 aromatic heterocycles. The minimum Gasteiger partial charge on any atom is -0.297 e. The lowest BCUT2D eigenvalue weighted by molar-refractivity contribution is 0.122. The molecule has 2 heteroatoms. The van der Waals surface area contributed by atoms with Gasteiger partial charge in [-0.2, -0.15) is 0 Å². The van der Waals surface area contributed by atoms with Crippen molar-refractivity contribution < 1.29 is 0 Å². The second-order valence-corrected chi connectivity index (χ2v) is 10.6. The van der Waals surface area contributed by atoms with Gasteiger partial charge in [0.25, 0.3) is 0 Å². The van der Waals surface area contributed by atoms with E-state index in [1.165, 1.54) is 66.1 Å². The Labute approximate surface area is 205 Å². The zero-order chi connectivity index (χ0) is 24.0. The Morgan fingerprint density at radius 1 is 0.500 bits per heavy atom. The monoisotopic (exact) mass is 450 g/mol. The van der Waals surface area contributed by atoms with E-state index in [1.54, 1.807) is 0 Å². The fourth-order valence-electron chi connectivity index (χ4n) is 5.64. The molecule has 2 nitrogen and oxygen atoms in total. The van der Waals surface area contributed by atoms with E-state index in [1.807, 2.05) is 0 Å². The quantitative estimate of drug-likeness (QED) is 0.325. The predicted molar refractivity (Wildman–Crippen MR) is 147 cm³/mol. The van der Waals surface area contributed by atoms with E-state index < -0.39 is 0 Å². The van der Waals surface area contributed by atoms with Gasteiger partial charge in [-0.05, 0) is 120 Å². The van der Waals surface area contributed by atoms with E-state index >= 15 is 0 Å². The first-order valence-corrected chi connectivity index (χ1v) is 12.7. The number of benzene rings is 4. The van der Waals surface area contributed by atoms with Crippen LogP contribution >= 0.6 is 0 Å². The summed E-state index contributed by atoms with van der Waals surface area (Å²) in [4.78, 5) is 5.23. The summed E-state index contributed by atoms with van der Waals surface area (Å²) in [6.07, 6.45) is 0. The molecular weight excluding hydrogens is 412 g/mol. The van der Waals surface area contributed by atoms with Crippen molar-refractivity contribution >= 4 is 21.5 Å². The van der Waals surface area contributed by atoms with E-state index in [0.29, 0.717) is 0 Å². The van der Waals surface area contributed by atoms with Gasteiger partial charge in [0.2, 0.25) is 0 Å². The largest absolute Gasteiger partial charge is 0.297 e. The molecular formula is C32H38N2. The first-order valence-electron chi connectivity index (χ1n) is 12.7. The van der Waals surface area contributed by atoms with Crippen molar-refractivity contribution in [3.05, 3.63) is 93.0 Å². The van der Waals surface area contributed by atoms with Crippen LogP contribution < -0.4 is 0 Å². The number of hydrogen-bond donors (Lipinski definition) is 0. The summed E-state index contributed by atoms with van der Waals surface area (Å²) in [6, 6.07) is 18.8. The highest BCUT2D eigenvalue weighted by molar-refractivity contribution is 5.89. The van der Waals surface area contributed by atoms with E-state index in [9.17, 15) is 0 Å². The summed E-state index contributed by atoms with van der Waals surface area (Å²) >= 11 is 0. The fourth-order valence-corrected chi connectivity index (χ4v) is 5.64.